The zero-order valence-electron chi connectivity index (χ0n) is 12.5. The molecule has 1 atom stereocenters. The van der Waals surface area contributed by atoms with Gasteiger partial charge in [-0.1, -0.05) is 31.8 Å². The maximum atomic E-state index is 12.6. The summed E-state index contributed by atoms with van der Waals surface area (Å²) >= 11 is 0. The van der Waals surface area contributed by atoms with E-state index in [9.17, 15) is 4.79 Å². The van der Waals surface area contributed by atoms with Crippen molar-refractivity contribution in [2.45, 2.75) is 46.0 Å². The van der Waals surface area contributed by atoms with Gasteiger partial charge in [0.05, 0.1) is 6.61 Å². The van der Waals surface area contributed by atoms with E-state index in [1.807, 2.05) is 13.8 Å². The van der Waals surface area contributed by atoms with Gasteiger partial charge < -0.3 is 21.0 Å². The predicted molar refractivity (Wildman–Crippen MR) is 77.6 cm³/mol. The fourth-order valence-corrected chi connectivity index (χ4v) is 2.82. The minimum atomic E-state index is -0.891. The van der Waals surface area contributed by atoms with Gasteiger partial charge >= 0.3 is 0 Å². The number of carbonyl (C=O) groups excluding carboxylic acids is 1. The average molecular weight is 285 g/mol. The highest BCUT2D eigenvalue weighted by Crippen LogP contribution is 2.31. The second-order valence-corrected chi connectivity index (χ2v) is 5.51. The van der Waals surface area contributed by atoms with Crippen molar-refractivity contribution in [2.24, 2.45) is 22.2 Å². The molecule has 0 radical (unpaired) electrons. The summed E-state index contributed by atoms with van der Waals surface area (Å²) in [6.45, 7) is 6.03. The summed E-state index contributed by atoms with van der Waals surface area (Å²) in [5.74, 6) is 0.247. The molecule has 0 aromatic carbocycles. The van der Waals surface area contributed by atoms with Gasteiger partial charge in [0.2, 0.25) is 5.91 Å². The molecule has 6 heteroatoms. The highest BCUT2D eigenvalue weighted by Gasteiger charge is 2.41. The molecule has 1 aliphatic heterocycles. The van der Waals surface area contributed by atoms with Crippen LogP contribution in [-0.4, -0.2) is 36.7 Å². The standard InChI is InChI=1S/C14H27N3O3/c1-3-6-14(7-4-2,12(15)17-19)13(18)16-9-11-5-8-20-10-11/h11,19H,3-10H2,1-2H3,(H2,15,17)(H,16,18). The van der Waals surface area contributed by atoms with E-state index in [0.29, 0.717) is 31.9 Å². The van der Waals surface area contributed by atoms with Crippen LogP contribution in [0, 0.1) is 11.3 Å². The van der Waals surface area contributed by atoms with Gasteiger partial charge in [-0.2, -0.15) is 0 Å². The van der Waals surface area contributed by atoms with Crippen LogP contribution in [0.3, 0.4) is 0 Å². The molecular weight excluding hydrogens is 258 g/mol. The fourth-order valence-electron chi connectivity index (χ4n) is 2.82. The summed E-state index contributed by atoms with van der Waals surface area (Å²) in [5.41, 5.74) is 4.93. The van der Waals surface area contributed by atoms with Crippen molar-refractivity contribution in [1.82, 2.24) is 5.32 Å². The second-order valence-electron chi connectivity index (χ2n) is 5.51. The van der Waals surface area contributed by atoms with Crippen LogP contribution in [0.5, 0.6) is 0 Å². The van der Waals surface area contributed by atoms with E-state index in [0.717, 1.165) is 25.9 Å². The number of amides is 1. The number of hydrogen-bond donors (Lipinski definition) is 3. The number of ether oxygens (including phenoxy) is 1. The summed E-state index contributed by atoms with van der Waals surface area (Å²) in [6.07, 6.45) is 3.75. The second kappa shape index (κ2) is 8.09. The zero-order valence-corrected chi connectivity index (χ0v) is 12.5. The van der Waals surface area contributed by atoms with Crippen LogP contribution in [0.15, 0.2) is 5.16 Å². The van der Waals surface area contributed by atoms with Gasteiger partial charge in [-0.05, 0) is 19.3 Å². The first-order valence-corrected chi connectivity index (χ1v) is 7.44. The highest BCUT2D eigenvalue weighted by molar-refractivity contribution is 6.06. The quantitative estimate of drug-likeness (QED) is 0.272. The van der Waals surface area contributed by atoms with Gasteiger partial charge in [0.15, 0.2) is 5.84 Å². The molecular formula is C14H27N3O3. The maximum Gasteiger partial charge on any atom is 0.233 e. The summed E-state index contributed by atoms with van der Waals surface area (Å²) in [4.78, 5) is 12.6. The minimum Gasteiger partial charge on any atom is -0.409 e. The molecule has 0 aromatic rings. The van der Waals surface area contributed by atoms with Gasteiger partial charge in [-0.3, -0.25) is 4.79 Å². The van der Waals surface area contributed by atoms with Gasteiger partial charge in [0, 0.05) is 19.1 Å². The van der Waals surface area contributed by atoms with Crippen molar-refractivity contribution in [1.29, 1.82) is 0 Å². The van der Waals surface area contributed by atoms with Crippen molar-refractivity contribution >= 4 is 11.7 Å². The number of nitrogens with one attached hydrogen (secondary N) is 1. The number of nitrogens with two attached hydrogens (primary N) is 1. The van der Waals surface area contributed by atoms with Gasteiger partial charge in [0.25, 0.3) is 0 Å². The molecule has 1 saturated heterocycles. The molecule has 1 heterocycles. The first-order valence-electron chi connectivity index (χ1n) is 7.44. The third kappa shape index (κ3) is 3.85. The Labute approximate surface area is 120 Å². The number of amidine groups is 1. The summed E-state index contributed by atoms with van der Waals surface area (Å²) in [7, 11) is 0. The van der Waals surface area contributed by atoms with E-state index in [-0.39, 0.29) is 11.7 Å². The summed E-state index contributed by atoms with van der Waals surface area (Å²) in [6, 6.07) is 0. The van der Waals surface area contributed by atoms with Crippen molar-refractivity contribution < 1.29 is 14.7 Å². The van der Waals surface area contributed by atoms with E-state index < -0.39 is 5.41 Å². The summed E-state index contributed by atoms with van der Waals surface area (Å²) < 4.78 is 5.30. The Morgan fingerprint density at radius 2 is 2.10 bits per heavy atom. The number of nitrogens with zero attached hydrogens (tertiary/aromatic N) is 1. The van der Waals surface area contributed by atoms with Crippen LogP contribution >= 0.6 is 0 Å². The van der Waals surface area contributed by atoms with Crippen LogP contribution in [-0.2, 0) is 9.53 Å². The maximum absolute atomic E-state index is 12.6. The first-order chi connectivity index (χ1) is 9.60. The van der Waals surface area contributed by atoms with Crippen LogP contribution in [0.25, 0.3) is 0 Å². The number of oxime groups is 1. The molecule has 1 amide bonds. The van der Waals surface area contributed by atoms with E-state index in [2.05, 4.69) is 10.5 Å². The topological polar surface area (TPSA) is 96.9 Å². The highest BCUT2D eigenvalue weighted by atomic mass is 16.5. The van der Waals surface area contributed by atoms with Gasteiger partial charge in [0.1, 0.15) is 5.41 Å². The van der Waals surface area contributed by atoms with E-state index in [1.54, 1.807) is 0 Å². The molecule has 0 bridgehead atoms. The van der Waals surface area contributed by atoms with E-state index >= 15 is 0 Å². The molecule has 0 aromatic heterocycles. The lowest BCUT2D eigenvalue weighted by molar-refractivity contribution is -0.128. The fraction of sp³-hybridized carbons (Fsp3) is 0.857. The number of hydrogen-bond acceptors (Lipinski definition) is 4. The molecule has 1 unspecified atom stereocenters. The molecule has 4 N–H and O–H groups in total. The van der Waals surface area contributed by atoms with E-state index in [1.165, 1.54) is 0 Å². The third-order valence-corrected chi connectivity index (χ3v) is 3.96. The van der Waals surface area contributed by atoms with Crippen LogP contribution in [0.2, 0.25) is 0 Å². The monoisotopic (exact) mass is 285 g/mol. The molecule has 1 aliphatic rings. The predicted octanol–water partition coefficient (Wildman–Crippen LogP) is 1.47. The van der Waals surface area contributed by atoms with Crippen molar-refractivity contribution in [3.63, 3.8) is 0 Å². The lowest BCUT2D eigenvalue weighted by Gasteiger charge is -2.31. The number of rotatable bonds is 8. The lowest BCUT2D eigenvalue weighted by Crippen LogP contribution is -2.50. The molecule has 6 nitrogen and oxygen atoms in total. The Hall–Kier alpha value is -1.30. The van der Waals surface area contributed by atoms with Gasteiger partial charge in [-0.25, -0.2) is 0 Å². The van der Waals surface area contributed by atoms with Crippen molar-refractivity contribution in [2.75, 3.05) is 19.8 Å². The van der Waals surface area contributed by atoms with Crippen molar-refractivity contribution in [3.8, 4) is 0 Å². The van der Waals surface area contributed by atoms with Crippen LogP contribution in [0.4, 0.5) is 0 Å². The summed E-state index contributed by atoms with van der Waals surface area (Å²) in [5, 5.41) is 15.1. The third-order valence-electron chi connectivity index (χ3n) is 3.96. The Bertz CT molecular complexity index is 333. The molecule has 1 rings (SSSR count). The molecule has 0 aliphatic carbocycles. The van der Waals surface area contributed by atoms with Crippen LogP contribution in [0.1, 0.15) is 46.0 Å². The first kappa shape index (κ1) is 16.8. The Morgan fingerprint density at radius 1 is 1.45 bits per heavy atom. The van der Waals surface area contributed by atoms with Crippen LogP contribution < -0.4 is 11.1 Å². The lowest BCUT2D eigenvalue weighted by atomic mass is 9.77. The Kier molecular flexibility index (Phi) is 6.78. The largest absolute Gasteiger partial charge is 0.409 e. The molecule has 0 spiro atoms. The Balaban J connectivity index is 2.75. The molecule has 20 heavy (non-hydrogen) atoms. The normalized spacial score (nSPS) is 20.1. The molecule has 1 fully saturated rings. The zero-order chi connectivity index (χ0) is 15.0. The van der Waals surface area contributed by atoms with Gasteiger partial charge in [-0.15, -0.1) is 0 Å². The van der Waals surface area contributed by atoms with Crippen molar-refractivity contribution in [3.05, 3.63) is 0 Å². The van der Waals surface area contributed by atoms with E-state index in [4.69, 9.17) is 15.7 Å². The smallest absolute Gasteiger partial charge is 0.233 e. The minimum absolute atomic E-state index is 0.0152. The average Bonchev–Trinajstić information content (AvgIpc) is 2.96. The molecule has 116 valence electrons. The SMILES string of the molecule is CCCC(CCC)(C(=O)NCC1CCOC1)C(N)=NO. The Morgan fingerprint density at radius 3 is 2.55 bits per heavy atom. The molecule has 0 saturated carbocycles. The number of carbonyl (C=O) groups is 1.